The summed E-state index contributed by atoms with van der Waals surface area (Å²) < 4.78 is 44.6. The molecule has 2 amide bonds. The molecule has 0 aromatic heterocycles. The number of anilines is 1. The molecule has 4 aromatic rings. The van der Waals surface area contributed by atoms with Crippen LogP contribution in [0.25, 0.3) is 10.8 Å². The van der Waals surface area contributed by atoms with Gasteiger partial charge in [0.2, 0.25) is 11.8 Å². The van der Waals surface area contributed by atoms with E-state index in [9.17, 15) is 22.8 Å². The van der Waals surface area contributed by atoms with Crippen LogP contribution in [0.1, 0.15) is 29.5 Å². The van der Waals surface area contributed by atoms with Gasteiger partial charge < -0.3 is 10.1 Å². The van der Waals surface area contributed by atoms with E-state index in [1.807, 2.05) is 66.7 Å². The number of carbonyl (C=O) groups is 2. The van der Waals surface area contributed by atoms with Gasteiger partial charge in [0.05, 0.1) is 11.8 Å². The Kier molecular flexibility index (Phi) is 8.37. The lowest BCUT2D eigenvalue weighted by Gasteiger charge is -2.12. The number of hydrogen-bond acceptors (Lipinski definition) is 4. The van der Waals surface area contributed by atoms with Crippen LogP contribution in [0.3, 0.4) is 0 Å². The molecule has 0 aliphatic heterocycles. The highest BCUT2D eigenvalue weighted by Crippen LogP contribution is 2.31. The van der Waals surface area contributed by atoms with Crippen LogP contribution >= 0.6 is 0 Å². The summed E-state index contributed by atoms with van der Waals surface area (Å²) in [5, 5.41) is 8.28. The van der Waals surface area contributed by atoms with Crippen LogP contribution in [-0.2, 0) is 22.4 Å². The largest absolute Gasteiger partial charge is 0.488 e. The third kappa shape index (κ3) is 7.19. The lowest BCUT2D eigenvalue weighted by molar-refractivity contribution is -0.137. The summed E-state index contributed by atoms with van der Waals surface area (Å²) in [5.74, 6) is -0.521. The molecule has 9 heteroatoms. The Labute approximate surface area is 217 Å². The van der Waals surface area contributed by atoms with E-state index in [2.05, 4.69) is 15.8 Å². The van der Waals surface area contributed by atoms with Crippen LogP contribution in [-0.4, -0.2) is 18.0 Å². The topological polar surface area (TPSA) is 79.8 Å². The third-order valence-electron chi connectivity index (χ3n) is 5.60. The number of rotatable bonds is 9. The Bertz CT molecular complexity index is 1450. The number of hydrazone groups is 1. The molecule has 0 aliphatic rings. The first-order valence-corrected chi connectivity index (χ1v) is 11.8. The monoisotopic (exact) mass is 519 g/mol. The average molecular weight is 520 g/mol. The SMILES string of the molecule is O=C(CCC(=O)Nc1cccc(C(F)(F)F)c1)NN=Cc1c(OCc2ccccc2)ccc2ccccc12. The Morgan fingerprint density at radius 1 is 0.842 bits per heavy atom. The number of nitrogens with zero attached hydrogens (tertiary/aromatic N) is 1. The van der Waals surface area contributed by atoms with Crippen molar-refractivity contribution in [3.63, 3.8) is 0 Å². The van der Waals surface area contributed by atoms with Crippen molar-refractivity contribution in [3.8, 4) is 5.75 Å². The van der Waals surface area contributed by atoms with Crippen molar-refractivity contribution in [3.05, 3.63) is 108 Å². The molecule has 4 rings (SSSR count). The number of halogens is 3. The molecule has 0 heterocycles. The number of alkyl halides is 3. The summed E-state index contributed by atoms with van der Waals surface area (Å²) in [6, 6.07) is 25.5. The molecule has 0 unspecified atom stereocenters. The fourth-order valence-electron chi connectivity index (χ4n) is 3.72. The molecule has 38 heavy (non-hydrogen) atoms. The normalized spacial score (nSPS) is 11.4. The van der Waals surface area contributed by atoms with Crippen molar-refractivity contribution < 1.29 is 27.5 Å². The first kappa shape index (κ1) is 26.4. The molecule has 0 radical (unpaired) electrons. The molecule has 0 saturated carbocycles. The summed E-state index contributed by atoms with van der Waals surface area (Å²) >= 11 is 0. The summed E-state index contributed by atoms with van der Waals surface area (Å²) in [6.45, 7) is 0.355. The summed E-state index contributed by atoms with van der Waals surface area (Å²) in [6.07, 6.45) is -3.45. The van der Waals surface area contributed by atoms with Gasteiger partial charge in [-0.05, 0) is 40.6 Å². The third-order valence-corrected chi connectivity index (χ3v) is 5.60. The van der Waals surface area contributed by atoms with E-state index in [1.165, 1.54) is 18.3 Å². The predicted octanol–water partition coefficient (Wildman–Crippen LogP) is 6.31. The van der Waals surface area contributed by atoms with Crippen LogP contribution in [0.5, 0.6) is 5.75 Å². The first-order chi connectivity index (χ1) is 18.3. The number of carbonyl (C=O) groups excluding carboxylic acids is 2. The van der Waals surface area contributed by atoms with Gasteiger partial charge in [-0.3, -0.25) is 9.59 Å². The second-order valence-corrected chi connectivity index (χ2v) is 8.39. The van der Waals surface area contributed by atoms with Crippen LogP contribution in [0, 0.1) is 0 Å². The van der Waals surface area contributed by atoms with E-state index in [0.717, 1.165) is 28.5 Å². The minimum absolute atomic E-state index is 0.00208. The molecule has 194 valence electrons. The van der Waals surface area contributed by atoms with Gasteiger partial charge in [0, 0.05) is 24.1 Å². The second-order valence-electron chi connectivity index (χ2n) is 8.39. The van der Waals surface area contributed by atoms with Crippen LogP contribution in [0.2, 0.25) is 0 Å². The van der Waals surface area contributed by atoms with Crippen LogP contribution in [0.4, 0.5) is 18.9 Å². The zero-order valence-corrected chi connectivity index (χ0v) is 20.2. The fourth-order valence-corrected chi connectivity index (χ4v) is 3.72. The Morgan fingerprint density at radius 2 is 1.58 bits per heavy atom. The van der Waals surface area contributed by atoms with E-state index in [0.29, 0.717) is 17.9 Å². The molecule has 6 nitrogen and oxygen atoms in total. The second kappa shape index (κ2) is 12.1. The number of amides is 2. The standard InChI is InChI=1S/C29H24F3N3O3/c30-29(31,32)22-10-6-11-23(17-22)34-27(36)15-16-28(37)35-33-18-25-24-12-5-4-9-21(24)13-14-26(25)38-19-20-7-2-1-3-8-20/h1-14,17-18H,15-16,19H2,(H,34,36)(H,35,37). The van der Waals surface area contributed by atoms with Gasteiger partial charge in [0.25, 0.3) is 0 Å². The van der Waals surface area contributed by atoms with Gasteiger partial charge in [-0.2, -0.15) is 18.3 Å². The van der Waals surface area contributed by atoms with Crippen molar-refractivity contribution in [1.82, 2.24) is 5.43 Å². The van der Waals surface area contributed by atoms with E-state index < -0.39 is 23.6 Å². The van der Waals surface area contributed by atoms with Crippen molar-refractivity contribution in [2.45, 2.75) is 25.6 Å². The number of ether oxygens (including phenoxy) is 1. The number of fused-ring (bicyclic) bond motifs is 1. The Hall–Kier alpha value is -4.66. The van der Waals surface area contributed by atoms with Gasteiger partial charge in [0.15, 0.2) is 0 Å². The minimum Gasteiger partial charge on any atom is -0.488 e. The van der Waals surface area contributed by atoms with Gasteiger partial charge in [0.1, 0.15) is 12.4 Å². The fraction of sp³-hybridized carbons (Fsp3) is 0.138. The number of benzene rings is 4. The quantitative estimate of drug-likeness (QED) is 0.201. The first-order valence-electron chi connectivity index (χ1n) is 11.8. The van der Waals surface area contributed by atoms with Crippen LogP contribution in [0.15, 0.2) is 96.1 Å². The van der Waals surface area contributed by atoms with Crippen molar-refractivity contribution in [2.24, 2.45) is 5.10 Å². The molecule has 0 spiro atoms. The molecular formula is C29H24F3N3O3. The van der Waals surface area contributed by atoms with Gasteiger partial charge in [-0.15, -0.1) is 0 Å². The average Bonchev–Trinajstić information content (AvgIpc) is 2.91. The van der Waals surface area contributed by atoms with E-state index in [-0.39, 0.29) is 18.5 Å². The molecule has 0 atom stereocenters. The van der Waals surface area contributed by atoms with Crippen LogP contribution < -0.4 is 15.5 Å². The Morgan fingerprint density at radius 3 is 2.37 bits per heavy atom. The van der Waals surface area contributed by atoms with Gasteiger partial charge >= 0.3 is 6.18 Å². The molecule has 0 saturated heterocycles. The van der Waals surface area contributed by atoms with Crippen molar-refractivity contribution in [1.29, 1.82) is 0 Å². The zero-order valence-electron chi connectivity index (χ0n) is 20.2. The zero-order chi connectivity index (χ0) is 27.0. The van der Waals surface area contributed by atoms with Gasteiger partial charge in [-0.25, -0.2) is 5.43 Å². The smallest absolute Gasteiger partial charge is 0.416 e. The lowest BCUT2D eigenvalue weighted by Crippen LogP contribution is -2.21. The summed E-state index contributed by atoms with van der Waals surface area (Å²) in [5.41, 5.74) is 3.20. The van der Waals surface area contributed by atoms with E-state index in [4.69, 9.17) is 4.74 Å². The Balaban J connectivity index is 1.36. The highest BCUT2D eigenvalue weighted by Gasteiger charge is 2.30. The number of nitrogens with one attached hydrogen (secondary N) is 2. The number of hydrogen-bond donors (Lipinski definition) is 2. The molecule has 2 N–H and O–H groups in total. The van der Waals surface area contributed by atoms with Gasteiger partial charge in [-0.1, -0.05) is 66.7 Å². The molecule has 0 bridgehead atoms. The molecule has 0 fully saturated rings. The summed E-state index contributed by atoms with van der Waals surface area (Å²) in [4.78, 5) is 24.4. The highest BCUT2D eigenvalue weighted by molar-refractivity contribution is 6.02. The maximum absolute atomic E-state index is 12.8. The van der Waals surface area contributed by atoms with E-state index >= 15 is 0 Å². The van der Waals surface area contributed by atoms with E-state index in [1.54, 1.807) is 0 Å². The predicted molar refractivity (Wildman–Crippen MR) is 140 cm³/mol. The lowest BCUT2D eigenvalue weighted by atomic mass is 10.0. The van der Waals surface area contributed by atoms with Crippen molar-refractivity contribution in [2.75, 3.05) is 5.32 Å². The molecular weight excluding hydrogens is 495 g/mol. The molecule has 4 aromatic carbocycles. The highest BCUT2D eigenvalue weighted by atomic mass is 19.4. The minimum atomic E-state index is -4.52. The molecule has 0 aliphatic carbocycles. The maximum Gasteiger partial charge on any atom is 0.416 e. The maximum atomic E-state index is 12.8. The summed E-state index contributed by atoms with van der Waals surface area (Å²) in [7, 11) is 0. The van der Waals surface area contributed by atoms with Crippen molar-refractivity contribution >= 4 is 34.5 Å².